The van der Waals surface area contributed by atoms with Crippen LogP contribution in [-0.2, 0) is 4.79 Å². The average Bonchev–Trinajstić information content (AvgIpc) is 2.47. The summed E-state index contributed by atoms with van der Waals surface area (Å²) in [6.07, 6.45) is 5.97. The quantitative estimate of drug-likeness (QED) is 0.786. The van der Waals surface area contributed by atoms with Gasteiger partial charge >= 0.3 is 0 Å². The van der Waals surface area contributed by atoms with E-state index in [0.29, 0.717) is 17.9 Å². The van der Waals surface area contributed by atoms with Gasteiger partial charge in [-0.25, -0.2) is 0 Å². The van der Waals surface area contributed by atoms with Crippen molar-refractivity contribution < 1.29 is 4.79 Å². The maximum Gasteiger partial charge on any atom is 0.227 e. The molecular weight excluding hydrogens is 250 g/mol. The molecular formula is C16H29N3O. The van der Waals surface area contributed by atoms with Crippen LogP contribution in [-0.4, -0.2) is 61.0 Å². The van der Waals surface area contributed by atoms with Gasteiger partial charge in [0.05, 0.1) is 5.92 Å². The highest BCUT2D eigenvalue weighted by Crippen LogP contribution is 2.31. The maximum absolute atomic E-state index is 12.8. The molecule has 3 fully saturated rings. The van der Waals surface area contributed by atoms with E-state index >= 15 is 0 Å². The Morgan fingerprint density at radius 3 is 2.80 bits per heavy atom. The van der Waals surface area contributed by atoms with Crippen LogP contribution >= 0.6 is 0 Å². The Morgan fingerprint density at radius 1 is 1.15 bits per heavy atom. The summed E-state index contributed by atoms with van der Waals surface area (Å²) in [6, 6.07) is 1.07. The summed E-state index contributed by atoms with van der Waals surface area (Å²) >= 11 is 0. The van der Waals surface area contributed by atoms with Crippen molar-refractivity contribution >= 4 is 5.91 Å². The van der Waals surface area contributed by atoms with Crippen molar-refractivity contribution in [3.63, 3.8) is 0 Å². The zero-order valence-corrected chi connectivity index (χ0v) is 13.0. The molecule has 1 amide bonds. The van der Waals surface area contributed by atoms with Gasteiger partial charge in [0.15, 0.2) is 0 Å². The number of carbonyl (C=O) groups is 1. The van der Waals surface area contributed by atoms with E-state index in [1.807, 2.05) is 0 Å². The lowest BCUT2D eigenvalue weighted by Gasteiger charge is -2.47. The summed E-state index contributed by atoms with van der Waals surface area (Å²) in [5.74, 6) is 1.33. The number of nitrogens with one attached hydrogen (secondary N) is 1. The fourth-order valence-electron chi connectivity index (χ4n) is 4.47. The minimum absolute atomic E-state index is 0.210. The molecule has 3 aliphatic rings. The fourth-order valence-corrected chi connectivity index (χ4v) is 4.47. The summed E-state index contributed by atoms with van der Waals surface area (Å²) in [5, 5.41) is 3.46. The fraction of sp³-hybridized carbons (Fsp3) is 0.938. The maximum atomic E-state index is 12.8. The lowest BCUT2D eigenvalue weighted by atomic mass is 9.83. The van der Waals surface area contributed by atoms with Crippen molar-refractivity contribution in [3.8, 4) is 0 Å². The van der Waals surface area contributed by atoms with E-state index < -0.39 is 0 Å². The number of hydrogen-bond donors (Lipinski definition) is 1. The number of fused-ring (bicyclic) bond motifs is 1. The SMILES string of the molecule is CC1NCCCC1C(=O)N1CCC2C(CCCN2C)C1. The molecule has 3 aliphatic heterocycles. The first-order valence-corrected chi connectivity index (χ1v) is 8.39. The third kappa shape index (κ3) is 2.73. The highest BCUT2D eigenvalue weighted by molar-refractivity contribution is 5.79. The second kappa shape index (κ2) is 6.02. The second-order valence-electron chi connectivity index (χ2n) is 7.01. The van der Waals surface area contributed by atoms with Gasteiger partial charge in [0.1, 0.15) is 0 Å². The Labute approximate surface area is 122 Å². The molecule has 4 heteroatoms. The molecule has 3 rings (SSSR count). The predicted molar refractivity (Wildman–Crippen MR) is 80.5 cm³/mol. The zero-order chi connectivity index (χ0) is 14.1. The van der Waals surface area contributed by atoms with Crippen molar-refractivity contribution in [3.05, 3.63) is 0 Å². The van der Waals surface area contributed by atoms with Crippen LogP contribution in [0.4, 0.5) is 0 Å². The number of amides is 1. The van der Waals surface area contributed by atoms with Crippen LogP contribution in [0.25, 0.3) is 0 Å². The highest BCUT2D eigenvalue weighted by Gasteiger charge is 2.38. The Kier molecular flexibility index (Phi) is 4.32. The van der Waals surface area contributed by atoms with Gasteiger partial charge < -0.3 is 15.1 Å². The number of nitrogens with zero attached hydrogens (tertiary/aromatic N) is 2. The minimum Gasteiger partial charge on any atom is -0.342 e. The van der Waals surface area contributed by atoms with Crippen molar-refractivity contribution in [1.29, 1.82) is 0 Å². The Balaban J connectivity index is 1.62. The van der Waals surface area contributed by atoms with Crippen molar-refractivity contribution in [1.82, 2.24) is 15.1 Å². The van der Waals surface area contributed by atoms with Crippen LogP contribution in [0.3, 0.4) is 0 Å². The van der Waals surface area contributed by atoms with Crippen molar-refractivity contribution in [2.24, 2.45) is 11.8 Å². The topological polar surface area (TPSA) is 35.6 Å². The van der Waals surface area contributed by atoms with Gasteiger partial charge in [-0.05, 0) is 65.1 Å². The number of hydrogen-bond acceptors (Lipinski definition) is 3. The van der Waals surface area contributed by atoms with E-state index in [2.05, 4.69) is 29.1 Å². The third-order valence-electron chi connectivity index (χ3n) is 5.74. The summed E-state index contributed by atoms with van der Waals surface area (Å²) < 4.78 is 0. The number of rotatable bonds is 1. The molecule has 4 unspecified atom stereocenters. The van der Waals surface area contributed by atoms with Gasteiger partial charge in [-0.3, -0.25) is 4.79 Å². The number of piperidine rings is 3. The summed E-state index contributed by atoms with van der Waals surface area (Å²) in [7, 11) is 2.25. The second-order valence-corrected chi connectivity index (χ2v) is 7.01. The number of likely N-dealkylation sites (tertiary alicyclic amines) is 2. The van der Waals surface area contributed by atoms with Crippen LogP contribution in [0, 0.1) is 11.8 Å². The van der Waals surface area contributed by atoms with Crippen molar-refractivity contribution in [2.45, 2.75) is 51.1 Å². The molecule has 4 nitrogen and oxygen atoms in total. The van der Waals surface area contributed by atoms with Gasteiger partial charge in [-0.2, -0.15) is 0 Å². The standard InChI is InChI=1S/C16H29N3O/c1-12-14(6-3-8-17-12)16(20)19-10-7-15-13(11-19)5-4-9-18(15)2/h12-15,17H,3-11H2,1-2H3. The van der Waals surface area contributed by atoms with Crippen molar-refractivity contribution in [2.75, 3.05) is 33.2 Å². The molecule has 3 saturated heterocycles. The first-order chi connectivity index (χ1) is 9.66. The molecule has 0 bridgehead atoms. The molecule has 0 aliphatic carbocycles. The smallest absolute Gasteiger partial charge is 0.227 e. The molecule has 1 N–H and O–H groups in total. The summed E-state index contributed by atoms with van der Waals surface area (Å²) in [6.45, 7) is 6.44. The van der Waals surface area contributed by atoms with Gasteiger partial charge in [0.2, 0.25) is 5.91 Å². The van der Waals surface area contributed by atoms with Crippen LogP contribution < -0.4 is 5.32 Å². The lowest BCUT2D eigenvalue weighted by molar-refractivity contribution is -0.140. The molecule has 0 spiro atoms. The van der Waals surface area contributed by atoms with Gasteiger partial charge in [-0.1, -0.05) is 0 Å². The summed E-state index contributed by atoms with van der Waals surface area (Å²) in [5.41, 5.74) is 0. The molecule has 3 heterocycles. The van der Waals surface area contributed by atoms with Crippen LogP contribution in [0.1, 0.15) is 39.0 Å². The normalized spacial score (nSPS) is 39.4. The Hall–Kier alpha value is -0.610. The highest BCUT2D eigenvalue weighted by atomic mass is 16.2. The van der Waals surface area contributed by atoms with Gasteiger partial charge in [-0.15, -0.1) is 0 Å². The Morgan fingerprint density at radius 2 is 2.00 bits per heavy atom. The average molecular weight is 279 g/mol. The predicted octanol–water partition coefficient (Wildman–Crippen LogP) is 1.32. The van der Waals surface area contributed by atoms with E-state index in [4.69, 9.17) is 0 Å². The molecule has 0 aromatic carbocycles. The molecule has 0 aromatic rings. The van der Waals surface area contributed by atoms with E-state index in [1.165, 1.54) is 25.8 Å². The molecule has 20 heavy (non-hydrogen) atoms. The lowest BCUT2D eigenvalue weighted by Crippen LogP contribution is -2.56. The Bertz CT molecular complexity index is 360. The van der Waals surface area contributed by atoms with E-state index in [0.717, 1.165) is 38.5 Å². The molecule has 4 atom stereocenters. The van der Waals surface area contributed by atoms with E-state index in [1.54, 1.807) is 0 Å². The molecule has 0 radical (unpaired) electrons. The molecule has 0 saturated carbocycles. The van der Waals surface area contributed by atoms with E-state index in [-0.39, 0.29) is 5.92 Å². The minimum atomic E-state index is 0.210. The first kappa shape index (κ1) is 14.3. The third-order valence-corrected chi connectivity index (χ3v) is 5.74. The van der Waals surface area contributed by atoms with Gasteiger partial charge in [0, 0.05) is 25.2 Å². The van der Waals surface area contributed by atoms with Crippen LogP contribution in [0.5, 0.6) is 0 Å². The van der Waals surface area contributed by atoms with Crippen LogP contribution in [0.2, 0.25) is 0 Å². The van der Waals surface area contributed by atoms with Crippen LogP contribution in [0.15, 0.2) is 0 Å². The van der Waals surface area contributed by atoms with Gasteiger partial charge in [0.25, 0.3) is 0 Å². The molecule has 0 aromatic heterocycles. The molecule has 114 valence electrons. The first-order valence-electron chi connectivity index (χ1n) is 8.39. The monoisotopic (exact) mass is 279 g/mol. The van der Waals surface area contributed by atoms with E-state index in [9.17, 15) is 4.79 Å². The summed E-state index contributed by atoms with van der Waals surface area (Å²) in [4.78, 5) is 17.5. The largest absolute Gasteiger partial charge is 0.342 e. The zero-order valence-electron chi connectivity index (χ0n) is 13.0. The number of carbonyl (C=O) groups excluding carboxylic acids is 1.